The largest absolute Gasteiger partial charge is 0.493 e. The molecule has 5 nitrogen and oxygen atoms in total. The molecule has 1 saturated heterocycles. The summed E-state index contributed by atoms with van der Waals surface area (Å²) in [5.41, 5.74) is 1.10. The summed E-state index contributed by atoms with van der Waals surface area (Å²) < 4.78 is 10.7. The van der Waals surface area contributed by atoms with Crippen LogP contribution in [0.3, 0.4) is 0 Å². The van der Waals surface area contributed by atoms with Crippen LogP contribution in [0.15, 0.2) is 18.2 Å². The summed E-state index contributed by atoms with van der Waals surface area (Å²) in [6, 6.07) is 5.79. The predicted molar refractivity (Wildman–Crippen MR) is 154 cm³/mol. The lowest BCUT2D eigenvalue weighted by atomic mass is 10.0. The van der Waals surface area contributed by atoms with Gasteiger partial charge in [-0.15, -0.1) is 11.8 Å². The van der Waals surface area contributed by atoms with Gasteiger partial charge in [-0.25, -0.2) is 0 Å². The number of unbranched alkanes of at least 4 members (excludes halogenated alkanes) is 15. The Morgan fingerprint density at radius 3 is 1.89 bits per heavy atom. The van der Waals surface area contributed by atoms with Crippen molar-refractivity contribution in [3.05, 3.63) is 23.8 Å². The maximum absolute atomic E-state index is 12.6. The number of methoxy groups -OCH3 is 2. The predicted octanol–water partition coefficient (Wildman–Crippen LogP) is 7.79. The number of rotatable bonds is 21. The smallest absolute Gasteiger partial charge is 0.238 e. The minimum absolute atomic E-state index is 0.0936. The summed E-state index contributed by atoms with van der Waals surface area (Å²) in [6.45, 7) is 3.06. The van der Waals surface area contributed by atoms with Gasteiger partial charge in [-0.3, -0.25) is 10.1 Å². The van der Waals surface area contributed by atoms with Crippen LogP contribution < -0.4 is 20.1 Å². The van der Waals surface area contributed by atoms with Crippen molar-refractivity contribution in [1.29, 1.82) is 0 Å². The van der Waals surface area contributed by atoms with Crippen molar-refractivity contribution in [2.45, 2.75) is 121 Å². The number of carbonyl (C=O) groups is 1. The molecule has 206 valence electrons. The Bertz CT molecular complexity index is 715. The van der Waals surface area contributed by atoms with Crippen molar-refractivity contribution in [3.8, 4) is 11.5 Å². The van der Waals surface area contributed by atoms with Crippen molar-refractivity contribution in [2.75, 3.05) is 26.5 Å². The summed E-state index contributed by atoms with van der Waals surface area (Å²) in [4.78, 5) is 12.6. The van der Waals surface area contributed by atoms with E-state index in [1.165, 1.54) is 96.3 Å². The Balaban J connectivity index is 1.42. The normalized spacial score (nSPS) is 17.3. The van der Waals surface area contributed by atoms with E-state index in [2.05, 4.69) is 17.6 Å². The zero-order valence-electron chi connectivity index (χ0n) is 23.2. The van der Waals surface area contributed by atoms with E-state index in [4.69, 9.17) is 9.47 Å². The van der Waals surface area contributed by atoms with E-state index < -0.39 is 0 Å². The molecular formula is C30H52N2O3S. The van der Waals surface area contributed by atoms with Crippen molar-refractivity contribution in [3.63, 3.8) is 0 Å². The third-order valence-corrected chi connectivity index (χ3v) is 8.41. The maximum Gasteiger partial charge on any atom is 0.238 e. The second-order valence-corrected chi connectivity index (χ2v) is 11.3. The number of ether oxygens (including phenoxy) is 2. The summed E-state index contributed by atoms with van der Waals surface area (Å²) in [5, 5.41) is 6.68. The molecule has 1 aliphatic rings. The summed E-state index contributed by atoms with van der Waals surface area (Å²) in [6.07, 6.45) is 21.8. The van der Waals surface area contributed by atoms with Gasteiger partial charge in [-0.2, -0.15) is 0 Å². The lowest BCUT2D eigenvalue weighted by Gasteiger charge is -2.15. The molecule has 2 rings (SSSR count). The first-order valence-corrected chi connectivity index (χ1v) is 15.6. The molecule has 2 N–H and O–H groups in total. The highest BCUT2D eigenvalue weighted by molar-refractivity contribution is 7.99. The van der Waals surface area contributed by atoms with Gasteiger partial charge in [0.15, 0.2) is 11.5 Å². The second-order valence-electron chi connectivity index (χ2n) is 10.1. The standard InChI is InChI=1S/C30H52N2O3S/c1-4-5-6-7-8-9-10-11-12-13-14-15-16-17-18-19-22-31-29(33)26-24-36-30(32-26)25-20-21-27(34-2)28(23-25)35-3/h20-21,23,26,30,32H,4-19,22,24H2,1-3H3,(H,31,33)/t26-,30?/m0/s1. The van der Waals surface area contributed by atoms with Gasteiger partial charge >= 0.3 is 0 Å². The molecule has 1 heterocycles. The third kappa shape index (κ3) is 12.2. The molecule has 0 spiro atoms. The Kier molecular flexibility index (Phi) is 16.8. The highest BCUT2D eigenvalue weighted by atomic mass is 32.2. The van der Waals surface area contributed by atoms with E-state index in [1.807, 2.05) is 18.2 Å². The zero-order chi connectivity index (χ0) is 25.8. The Morgan fingerprint density at radius 2 is 1.36 bits per heavy atom. The van der Waals surface area contributed by atoms with E-state index in [1.54, 1.807) is 26.0 Å². The van der Waals surface area contributed by atoms with E-state index in [-0.39, 0.29) is 17.3 Å². The molecule has 1 aromatic rings. The fraction of sp³-hybridized carbons (Fsp3) is 0.767. The highest BCUT2D eigenvalue weighted by Gasteiger charge is 2.30. The van der Waals surface area contributed by atoms with E-state index in [9.17, 15) is 4.79 Å². The van der Waals surface area contributed by atoms with Gasteiger partial charge in [0.1, 0.15) is 0 Å². The molecule has 1 aliphatic heterocycles. The number of amides is 1. The lowest BCUT2D eigenvalue weighted by molar-refractivity contribution is -0.122. The van der Waals surface area contributed by atoms with Crippen LogP contribution in [0, 0.1) is 0 Å². The van der Waals surface area contributed by atoms with Gasteiger partial charge in [0.25, 0.3) is 0 Å². The van der Waals surface area contributed by atoms with E-state index >= 15 is 0 Å². The average molecular weight is 521 g/mol. The van der Waals surface area contributed by atoms with Crippen LogP contribution in [0.25, 0.3) is 0 Å². The number of hydrogen-bond donors (Lipinski definition) is 2. The van der Waals surface area contributed by atoms with Gasteiger partial charge in [0.2, 0.25) is 5.91 Å². The number of nitrogens with one attached hydrogen (secondary N) is 2. The Labute approximate surface area is 225 Å². The second kappa shape index (κ2) is 19.7. The van der Waals surface area contributed by atoms with Crippen LogP contribution in [-0.4, -0.2) is 38.5 Å². The van der Waals surface area contributed by atoms with Crippen molar-refractivity contribution >= 4 is 17.7 Å². The van der Waals surface area contributed by atoms with Gasteiger partial charge in [-0.05, 0) is 24.1 Å². The first-order valence-electron chi connectivity index (χ1n) is 14.6. The number of thioether (sulfide) groups is 1. The average Bonchev–Trinajstić information content (AvgIpc) is 3.40. The molecule has 0 radical (unpaired) electrons. The highest BCUT2D eigenvalue weighted by Crippen LogP contribution is 2.37. The monoisotopic (exact) mass is 520 g/mol. The maximum atomic E-state index is 12.6. The van der Waals surface area contributed by atoms with Gasteiger partial charge < -0.3 is 14.8 Å². The fourth-order valence-electron chi connectivity index (χ4n) is 4.84. The molecule has 36 heavy (non-hydrogen) atoms. The van der Waals surface area contributed by atoms with Crippen LogP contribution >= 0.6 is 11.8 Å². The zero-order valence-corrected chi connectivity index (χ0v) is 24.1. The van der Waals surface area contributed by atoms with Crippen molar-refractivity contribution in [2.24, 2.45) is 0 Å². The molecule has 0 aliphatic carbocycles. The van der Waals surface area contributed by atoms with Crippen LogP contribution in [-0.2, 0) is 4.79 Å². The van der Waals surface area contributed by atoms with Crippen molar-refractivity contribution < 1.29 is 14.3 Å². The van der Waals surface area contributed by atoms with Gasteiger partial charge in [0, 0.05) is 12.3 Å². The van der Waals surface area contributed by atoms with Crippen molar-refractivity contribution in [1.82, 2.24) is 10.6 Å². The number of carbonyl (C=O) groups excluding carboxylic acids is 1. The summed E-state index contributed by atoms with van der Waals surface area (Å²) >= 11 is 1.76. The minimum atomic E-state index is -0.144. The molecule has 1 unspecified atom stereocenters. The van der Waals surface area contributed by atoms with Crippen LogP contribution in [0.4, 0.5) is 0 Å². The van der Waals surface area contributed by atoms with Crippen LogP contribution in [0.2, 0.25) is 0 Å². The van der Waals surface area contributed by atoms with Crippen LogP contribution in [0.5, 0.6) is 11.5 Å². The molecule has 1 aromatic carbocycles. The van der Waals surface area contributed by atoms with Crippen LogP contribution in [0.1, 0.15) is 121 Å². The van der Waals surface area contributed by atoms with Gasteiger partial charge in [0.05, 0.1) is 25.6 Å². The first-order chi connectivity index (χ1) is 17.7. The molecule has 2 atom stereocenters. The fourth-order valence-corrected chi connectivity index (χ4v) is 6.07. The molecule has 1 fully saturated rings. The third-order valence-electron chi connectivity index (χ3n) is 7.14. The Morgan fingerprint density at radius 1 is 0.833 bits per heavy atom. The molecule has 0 aromatic heterocycles. The minimum Gasteiger partial charge on any atom is -0.493 e. The number of hydrogen-bond acceptors (Lipinski definition) is 5. The first kappa shape index (κ1) is 30.8. The topological polar surface area (TPSA) is 59.6 Å². The summed E-state index contributed by atoms with van der Waals surface area (Å²) in [7, 11) is 3.28. The molecule has 1 amide bonds. The molecule has 0 saturated carbocycles. The quantitative estimate of drug-likeness (QED) is 0.162. The number of benzene rings is 1. The molecule has 0 bridgehead atoms. The Hall–Kier alpha value is -1.40. The molecule has 6 heteroatoms. The molecular weight excluding hydrogens is 468 g/mol. The lowest BCUT2D eigenvalue weighted by Crippen LogP contribution is -2.42. The van der Waals surface area contributed by atoms with E-state index in [0.717, 1.165) is 30.0 Å². The SMILES string of the molecule is CCCCCCCCCCCCCCCCCCNC(=O)[C@@H]1CSC(c2ccc(OC)c(OC)c2)N1. The summed E-state index contributed by atoms with van der Waals surface area (Å²) in [5.74, 6) is 2.33. The van der Waals surface area contributed by atoms with E-state index in [0.29, 0.717) is 5.75 Å². The van der Waals surface area contributed by atoms with Gasteiger partial charge in [-0.1, -0.05) is 109 Å².